The van der Waals surface area contributed by atoms with Crippen LogP contribution in [0.3, 0.4) is 0 Å². The van der Waals surface area contributed by atoms with Gasteiger partial charge in [0.1, 0.15) is 0 Å². The molecular formula is C13H14. The standard InChI is InChI=1S/C7H8.C6H6/c1-7-5-3-2-4-6-7;1-2-4-6-5-3-1/h2-6H,1H3;1-6H. The van der Waals surface area contributed by atoms with Crippen LogP contribution in [0.15, 0.2) is 66.7 Å². The van der Waals surface area contributed by atoms with Gasteiger partial charge in [0.2, 0.25) is 0 Å². The predicted molar refractivity (Wildman–Crippen MR) is 57.6 cm³/mol. The highest BCUT2D eigenvalue weighted by Gasteiger charge is 1.72. The van der Waals surface area contributed by atoms with Gasteiger partial charge < -0.3 is 0 Å². The van der Waals surface area contributed by atoms with Gasteiger partial charge in [0, 0.05) is 0 Å². The highest BCUT2D eigenvalue weighted by molar-refractivity contribution is 5.11. The van der Waals surface area contributed by atoms with Crippen molar-refractivity contribution in [2.45, 2.75) is 6.92 Å². The molecule has 0 spiro atoms. The molecule has 0 saturated carbocycles. The van der Waals surface area contributed by atoms with Crippen molar-refractivity contribution in [2.24, 2.45) is 0 Å². The van der Waals surface area contributed by atoms with Gasteiger partial charge in [-0.2, -0.15) is 0 Å². The highest BCUT2D eigenvalue weighted by Crippen LogP contribution is 1.92. The first-order valence-electron chi connectivity index (χ1n) is 4.41. The molecule has 0 aromatic heterocycles. The van der Waals surface area contributed by atoms with Gasteiger partial charge in [-0.3, -0.25) is 0 Å². The Morgan fingerprint density at radius 3 is 1.08 bits per heavy atom. The second kappa shape index (κ2) is 6.01. The molecule has 66 valence electrons. The van der Waals surface area contributed by atoms with E-state index in [1.165, 1.54) is 5.56 Å². The Kier molecular flexibility index (Phi) is 4.41. The summed E-state index contributed by atoms with van der Waals surface area (Å²) in [5, 5.41) is 0. The lowest BCUT2D eigenvalue weighted by molar-refractivity contribution is 1.48. The third kappa shape index (κ3) is 4.81. The van der Waals surface area contributed by atoms with Crippen LogP contribution in [-0.2, 0) is 0 Å². The van der Waals surface area contributed by atoms with E-state index in [9.17, 15) is 0 Å². The average molecular weight is 170 g/mol. The first-order chi connectivity index (χ1) is 6.39. The molecule has 13 heavy (non-hydrogen) atoms. The molecule has 0 amide bonds. The quantitative estimate of drug-likeness (QED) is 0.565. The molecule has 0 aliphatic heterocycles. The number of hydrogen-bond donors (Lipinski definition) is 0. The minimum absolute atomic E-state index is 1.32. The fourth-order valence-corrected chi connectivity index (χ4v) is 0.919. The van der Waals surface area contributed by atoms with Crippen LogP contribution < -0.4 is 0 Å². The molecule has 0 fully saturated rings. The molecule has 0 heteroatoms. The predicted octanol–water partition coefficient (Wildman–Crippen LogP) is 3.68. The van der Waals surface area contributed by atoms with Gasteiger partial charge >= 0.3 is 0 Å². The minimum Gasteiger partial charge on any atom is -0.0623 e. The molecule has 0 N–H and O–H groups in total. The van der Waals surface area contributed by atoms with Crippen LogP contribution in [0.25, 0.3) is 0 Å². The van der Waals surface area contributed by atoms with Crippen LogP contribution in [0.5, 0.6) is 0 Å². The number of hydrogen-bond acceptors (Lipinski definition) is 0. The van der Waals surface area contributed by atoms with Gasteiger partial charge in [0.25, 0.3) is 0 Å². The average Bonchev–Trinajstić information content (AvgIpc) is 2.22. The van der Waals surface area contributed by atoms with Crippen LogP contribution in [0.1, 0.15) is 5.56 Å². The van der Waals surface area contributed by atoms with Gasteiger partial charge in [-0.15, -0.1) is 0 Å². The molecule has 0 nitrogen and oxygen atoms in total. The van der Waals surface area contributed by atoms with E-state index in [1.54, 1.807) is 0 Å². The Balaban J connectivity index is 0.000000132. The molecule has 0 saturated heterocycles. The largest absolute Gasteiger partial charge is 0.0623 e. The SMILES string of the molecule is Cc1ccccc1.c1ccccc1. The fourth-order valence-electron chi connectivity index (χ4n) is 0.919. The molecule has 0 atom stereocenters. The van der Waals surface area contributed by atoms with Gasteiger partial charge in [0.15, 0.2) is 0 Å². The Morgan fingerprint density at radius 2 is 0.846 bits per heavy atom. The summed E-state index contributed by atoms with van der Waals surface area (Å²) in [6.07, 6.45) is 0. The van der Waals surface area contributed by atoms with E-state index in [-0.39, 0.29) is 0 Å². The summed E-state index contributed by atoms with van der Waals surface area (Å²) in [5.74, 6) is 0. The van der Waals surface area contributed by atoms with Crippen LogP contribution in [0.2, 0.25) is 0 Å². The zero-order chi connectivity index (χ0) is 9.36. The van der Waals surface area contributed by atoms with Crippen molar-refractivity contribution in [3.63, 3.8) is 0 Å². The Morgan fingerprint density at radius 1 is 0.538 bits per heavy atom. The molecular weight excluding hydrogens is 156 g/mol. The lowest BCUT2D eigenvalue weighted by Gasteiger charge is -1.82. The van der Waals surface area contributed by atoms with Crippen molar-refractivity contribution >= 4 is 0 Å². The van der Waals surface area contributed by atoms with E-state index in [2.05, 4.69) is 19.1 Å². The van der Waals surface area contributed by atoms with Gasteiger partial charge in [-0.05, 0) is 6.92 Å². The van der Waals surface area contributed by atoms with E-state index in [4.69, 9.17) is 0 Å². The number of aryl methyl sites for hydroxylation is 1. The van der Waals surface area contributed by atoms with Crippen molar-refractivity contribution < 1.29 is 0 Å². The van der Waals surface area contributed by atoms with E-state index in [0.29, 0.717) is 0 Å². The summed E-state index contributed by atoms with van der Waals surface area (Å²) in [4.78, 5) is 0. The van der Waals surface area contributed by atoms with Crippen LogP contribution in [0.4, 0.5) is 0 Å². The van der Waals surface area contributed by atoms with E-state index in [0.717, 1.165) is 0 Å². The van der Waals surface area contributed by atoms with Crippen molar-refractivity contribution in [1.29, 1.82) is 0 Å². The second-order valence-electron chi connectivity index (χ2n) is 2.81. The van der Waals surface area contributed by atoms with Crippen molar-refractivity contribution in [3.8, 4) is 0 Å². The molecule has 0 aliphatic carbocycles. The normalized spacial score (nSPS) is 8.38. The monoisotopic (exact) mass is 170 g/mol. The maximum atomic E-state index is 2.08. The summed E-state index contributed by atoms with van der Waals surface area (Å²) in [6.45, 7) is 2.08. The third-order valence-corrected chi connectivity index (χ3v) is 1.61. The molecule has 0 radical (unpaired) electrons. The van der Waals surface area contributed by atoms with Crippen molar-refractivity contribution in [3.05, 3.63) is 72.3 Å². The summed E-state index contributed by atoms with van der Waals surface area (Å²) >= 11 is 0. The summed E-state index contributed by atoms with van der Waals surface area (Å²) < 4.78 is 0. The molecule has 2 aromatic rings. The van der Waals surface area contributed by atoms with Crippen LogP contribution in [-0.4, -0.2) is 0 Å². The van der Waals surface area contributed by atoms with Gasteiger partial charge in [-0.25, -0.2) is 0 Å². The van der Waals surface area contributed by atoms with Gasteiger partial charge in [0.05, 0.1) is 0 Å². The maximum absolute atomic E-state index is 2.08. The van der Waals surface area contributed by atoms with E-state index < -0.39 is 0 Å². The second-order valence-corrected chi connectivity index (χ2v) is 2.81. The zero-order valence-electron chi connectivity index (χ0n) is 7.85. The van der Waals surface area contributed by atoms with Crippen LogP contribution in [0, 0.1) is 6.92 Å². The Hall–Kier alpha value is -1.56. The molecule has 2 rings (SSSR count). The van der Waals surface area contributed by atoms with E-state index in [1.807, 2.05) is 54.6 Å². The van der Waals surface area contributed by atoms with Crippen LogP contribution >= 0.6 is 0 Å². The lowest BCUT2D eigenvalue weighted by atomic mass is 10.2. The molecule has 0 unspecified atom stereocenters. The Labute approximate surface area is 79.9 Å². The highest BCUT2D eigenvalue weighted by atomic mass is 13.8. The molecule has 0 heterocycles. The molecule has 2 aromatic carbocycles. The fraction of sp³-hybridized carbons (Fsp3) is 0.0769. The number of benzene rings is 2. The number of rotatable bonds is 0. The van der Waals surface area contributed by atoms with Crippen molar-refractivity contribution in [1.82, 2.24) is 0 Å². The summed E-state index contributed by atoms with van der Waals surface area (Å²) in [5.41, 5.74) is 1.32. The lowest BCUT2D eigenvalue weighted by Crippen LogP contribution is -1.62. The van der Waals surface area contributed by atoms with E-state index >= 15 is 0 Å². The topological polar surface area (TPSA) is 0 Å². The molecule has 0 aliphatic rings. The van der Waals surface area contributed by atoms with Crippen molar-refractivity contribution in [2.75, 3.05) is 0 Å². The first kappa shape index (κ1) is 9.53. The van der Waals surface area contributed by atoms with Gasteiger partial charge in [-0.1, -0.05) is 72.3 Å². The smallest absolute Gasteiger partial charge is 0.0398 e. The zero-order valence-corrected chi connectivity index (χ0v) is 7.85. The summed E-state index contributed by atoms with van der Waals surface area (Å²) in [6, 6.07) is 22.3. The molecule has 0 bridgehead atoms. The summed E-state index contributed by atoms with van der Waals surface area (Å²) in [7, 11) is 0. The first-order valence-corrected chi connectivity index (χ1v) is 4.41. The minimum atomic E-state index is 1.32. The maximum Gasteiger partial charge on any atom is -0.0398 e. The third-order valence-electron chi connectivity index (χ3n) is 1.61. The Bertz CT molecular complexity index is 271.